The molecule has 11 heteroatoms. The van der Waals surface area contributed by atoms with Gasteiger partial charge in [0.05, 0.1) is 42.7 Å². The fourth-order valence-corrected chi connectivity index (χ4v) is 5.52. The Kier molecular flexibility index (Phi) is 7.41. The zero-order chi connectivity index (χ0) is 26.1. The van der Waals surface area contributed by atoms with Gasteiger partial charge in [-0.1, -0.05) is 27.3 Å². The van der Waals surface area contributed by atoms with E-state index in [1.807, 2.05) is 25.1 Å². The summed E-state index contributed by atoms with van der Waals surface area (Å²) in [6.45, 7) is 3.66. The minimum Gasteiger partial charge on any atom is -0.493 e. The molecule has 4 rings (SSSR count). The number of rotatable bonds is 7. The van der Waals surface area contributed by atoms with Gasteiger partial charge in [-0.2, -0.15) is 0 Å². The normalized spacial score (nSPS) is 15.4. The van der Waals surface area contributed by atoms with E-state index in [9.17, 15) is 9.59 Å². The van der Waals surface area contributed by atoms with Crippen molar-refractivity contribution < 1.29 is 23.4 Å². The summed E-state index contributed by atoms with van der Waals surface area (Å²) in [5.74, 6) is 1.63. The first-order valence-corrected chi connectivity index (χ1v) is 12.7. The third-order valence-electron chi connectivity index (χ3n) is 5.64. The Morgan fingerprint density at radius 2 is 1.94 bits per heavy atom. The number of methoxy groups -OCH3 is 2. The number of nitrogens with zero attached hydrogens (tertiary/aromatic N) is 3. The molecule has 0 aliphatic carbocycles. The molecule has 2 aromatic heterocycles. The Labute approximate surface area is 220 Å². The topological polar surface area (TPSA) is 95.5 Å². The second kappa shape index (κ2) is 10.4. The monoisotopic (exact) mass is 575 g/mol. The molecule has 0 bridgehead atoms. The second-order valence-electron chi connectivity index (χ2n) is 8.10. The number of carbonyl (C=O) groups excluding carboxylic acids is 1. The molecular weight excluding hydrogens is 550 g/mol. The molecule has 190 valence electrons. The molecule has 0 fully saturated rings. The number of fused-ring (bicyclic) bond motifs is 1. The average molecular weight is 576 g/mol. The SMILES string of the molecule is CCOC(=O)C1=C(C)N=c2s/c(=C\c3ccc(N(C)C)o3)c(=O)n2[C@H]1c1cc(OC)c(OC)cc1Br. The van der Waals surface area contributed by atoms with E-state index in [0.29, 0.717) is 48.2 Å². The lowest BCUT2D eigenvalue weighted by Gasteiger charge is -2.26. The van der Waals surface area contributed by atoms with Gasteiger partial charge in [0.2, 0.25) is 0 Å². The molecule has 1 atom stereocenters. The number of esters is 1. The lowest BCUT2D eigenvalue weighted by molar-refractivity contribution is -0.139. The van der Waals surface area contributed by atoms with Crippen LogP contribution in [0.25, 0.3) is 6.08 Å². The Hall–Kier alpha value is -3.31. The number of carbonyl (C=O) groups is 1. The fourth-order valence-electron chi connectivity index (χ4n) is 3.95. The molecule has 0 spiro atoms. The third kappa shape index (κ3) is 4.60. The van der Waals surface area contributed by atoms with E-state index in [0.717, 1.165) is 0 Å². The number of hydrogen-bond acceptors (Lipinski definition) is 9. The van der Waals surface area contributed by atoms with Gasteiger partial charge >= 0.3 is 5.97 Å². The number of halogens is 1. The summed E-state index contributed by atoms with van der Waals surface area (Å²) >= 11 is 4.82. The van der Waals surface area contributed by atoms with Crippen LogP contribution in [0.3, 0.4) is 0 Å². The van der Waals surface area contributed by atoms with Crippen molar-refractivity contribution in [3.8, 4) is 11.5 Å². The van der Waals surface area contributed by atoms with E-state index in [-0.39, 0.29) is 17.7 Å². The van der Waals surface area contributed by atoms with Crippen molar-refractivity contribution in [3.63, 3.8) is 0 Å². The van der Waals surface area contributed by atoms with Crippen LogP contribution in [0.1, 0.15) is 31.2 Å². The molecule has 0 unspecified atom stereocenters. The van der Waals surface area contributed by atoms with Crippen LogP contribution in [0.2, 0.25) is 0 Å². The molecule has 0 radical (unpaired) electrons. The summed E-state index contributed by atoms with van der Waals surface area (Å²) in [5.41, 5.74) is 1.07. The third-order valence-corrected chi connectivity index (χ3v) is 7.31. The maximum absolute atomic E-state index is 13.7. The highest BCUT2D eigenvalue weighted by Crippen LogP contribution is 2.40. The summed E-state index contributed by atoms with van der Waals surface area (Å²) in [7, 11) is 6.81. The van der Waals surface area contributed by atoms with Crippen LogP contribution < -0.4 is 29.3 Å². The number of thiazole rings is 1. The zero-order valence-corrected chi connectivity index (χ0v) is 23.2. The standard InChI is InChI=1S/C25H26BrN3O6S/c1-7-34-24(31)21-13(2)27-25-29(22(21)15-11-17(32-5)18(33-6)12-16(15)26)23(30)19(36-25)10-14-8-9-20(35-14)28(3)4/h8-12,22H,7H2,1-6H3/b19-10-/t22-/m0/s1. The highest BCUT2D eigenvalue weighted by Gasteiger charge is 2.35. The van der Waals surface area contributed by atoms with Crippen LogP contribution in [0.15, 0.2) is 54.2 Å². The summed E-state index contributed by atoms with van der Waals surface area (Å²) < 4.78 is 24.7. The van der Waals surface area contributed by atoms with Crippen molar-refractivity contribution in [1.82, 2.24) is 4.57 Å². The van der Waals surface area contributed by atoms with Gasteiger partial charge in [0.25, 0.3) is 5.56 Å². The number of benzene rings is 1. The molecule has 0 saturated heterocycles. The van der Waals surface area contributed by atoms with Crippen molar-refractivity contribution in [3.05, 3.63) is 71.0 Å². The summed E-state index contributed by atoms with van der Waals surface area (Å²) in [5, 5.41) is 0. The van der Waals surface area contributed by atoms with Gasteiger partial charge in [-0.3, -0.25) is 9.36 Å². The molecule has 36 heavy (non-hydrogen) atoms. The van der Waals surface area contributed by atoms with Crippen molar-refractivity contribution in [1.29, 1.82) is 0 Å². The molecule has 1 aromatic carbocycles. The maximum Gasteiger partial charge on any atom is 0.338 e. The molecule has 0 amide bonds. The highest BCUT2D eigenvalue weighted by molar-refractivity contribution is 9.10. The number of aromatic nitrogens is 1. The maximum atomic E-state index is 13.7. The number of allylic oxidation sites excluding steroid dienone is 1. The molecule has 1 aliphatic heterocycles. The predicted octanol–water partition coefficient (Wildman–Crippen LogP) is 3.24. The van der Waals surface area contributed by atoms with Gasteiger partial charge < -0.3 is 23.5 Å². The molecule has 3 heterocycles. The van der Waals surface area contributed by atoms with Gasteiger partial charge in [0.15, 0.2) is 22.2 Å². The smallest absolute Gasteiger partial charge is 0.338 e. The minimum atomic E-state index is -0.800. The molecule has 0 N–H and O–H groups in total. The Morgan fingerprint density at radius 3 is 2.56 bits per heavy atom. The molecule has 3 aromatic rings. The first kappa shape index (κ1) is 25.8. The van der Waals surface area contributed by atoms with Gasteiger partial charge in [0.1, 0.15) is 5.76 Å². The van der Waals surface area contributed by atoms with Gasteiger partial charge in [0, 0.05) is 30.7 Å². The number of furan rings is 1. The molecule has 1 aliphatic rings. The van der Waals surface area contributed by atoms with Crippen LogP contribution in [0, 0.1) is 0 Å². The van der Waals surface area contributed by atoms with E-state index >= 15 is 0 Å². The minimum absolute atomic E-state index is 0.187. The first-order valence-electron chi connectivity index (χ1n) is 11.1. The summed E-state index contributed by atoms with van der Waals surface area (Å²) in [6.07, 6.45) is 1.68. The van der Waals surface area contributed by atoms with Crippen LogP contribution in [-0.4, -0.2) is 45.5 Å². The molecule has 0 saturated carbocycles. The van der Waals surface area contributed by atoms with Crippen molar-refractivity contribution in [2.45, 2.75) is 19.9 Å². The van der Waals surface area contributed by atoms with Crippen LogP contribution in [0.4, 0.5) is 5.88 Å². The van der Waals surface area contributed by atoms with Crippen molar-refractivity contribution >= 4 is 45.2 Å². The average Bonchev–Trinajstić information content (AvgIpc) is 3.43. The van der Waals surface area contributed by atoms with Gasteiger partial charge in [-0.25, -0.2) is 9.79 Å². The number of anilines is 1. The van der Waals surface area contributed by atoms with Crippen LogP contribution >= 0.6 is 27.3 Å². The Bertz CT molecular complexity index is 1530. The number of hydrogen-bond donors (Lipinski definition) is 0. The Morgan fingerprint density at radius 1 is 1.25 bits per heavy atom. The quantitative estimate of drug-likeness (QED) is 0.399. The molecular formula is C25H26BrN3O6S. The lowest BCUT2D eigenvalue weighted by Crippen LogP contribution is -2.40. The largest absolute Gasteiger partial charge is 0.493 e. The van der Waals surface area contributed by atoms with E-state index < -0.39 is 12.0 Å². The van der Waals surface area contributed by atoms with E-state index in [2.05, 4.69) is 20.9 Å². The van der Waals surface area contributed by atoms with E-state index in [1.165, 1.54) is 30.1 Å². The van der Waals surface area contributed by atoms with E-state index in [1.54, 1.807) is 38.1 Å². The Balaban J connectivity index is 1.98. The highest BCUT2D eigenvalue weighted by atomic mass is 79.9. The predicted molar refractivity (Wildman–Crippen MR) is 141 cm³/mol. The fraction of sp³-hybridized carbons (Fsp3) is 0.320. The van der Waals surface area contributed by atoms with Crippen molar-refractivity contribution in [2.75, 3.05) is 39.8 Å². The van der Waals surface area contributed by atoms with Gasteiger partial charge in [-0.05, 0) is 37.6 Å². The first-order chi connectivity index (χ1) is 17.2. The van der Waals surface area contributed by atoms with Crippen molar-refractivity contribution in [2.24, 2.45) is 4.99 Å². The number of ether oxygens (including phenoxy) is 3. The lowest BCUT2D eigenvalue weighted by atomic mass is 9.95. The second-order valence-corrected chi connectivity index (χ2v) is 9.96. The molecule has 9 nitrogen and oxygen atoms in total. The van der Waals surface area contributed by atoms with Gasteiger partial charge in [-0.15, -0.1) is 0 Å². The summed E-state index contributed by atoms with van der Waals surface area (Å²) in [4.78, 5) is 33.8. The van der Waals surface area contributed by atoms with Crippen LogP contribution in [0.5, 0.6) is 11.5 Å². The van der Waals surface area contributed by atoms with E-state index in [4.69, 9.17) is 18.6 Å². The zero-order valence-electron chi connectivity index (χ0n) is 20.7. The summed E-state index contributed by atoms with van der Waals surface area (Å²) in [6, 6.07) is 6.32. The van der Waals surface area contributed by atoms with Crippen LogP contribution in [-0.2, 0) is 9.53 Å².